The van der Waals surface area contributed by atoms with Gasteiger partial charge in [0.05, 0.1) is 6.07 Å². The molecule has 0 radical (unpaired) electrons. The number of aromatic nitrogens is 1. The summed E-state index contributed by atoms with van der Waals surface area (Å²) in [5, 5.41) is 12.4. The molecule has 1 aliphatic rings. The van der Waals surface area contributed by atoms with Gasteiger partial charge in [-0.25, -0.2) is 0 Å². The van der Waals surface area contributed by atoms with Gasteiger partial charge in [-0.2, -0.15) is 5.26 Å². The van der Waals surface area contributed by atoms with Crippen molar-refractivity contribution in [3.63, 3.8) is 0 Å². The summed E-state index contributed by atoms with van der Waals surface area (Å²) in [4.78, 5) is 3.96. The second kappa shape index (κ2) is 3.51. The van der Waals surface area contributed by atoms with Gasteiger partial charge in [-0.05, 0) is 30.3 Å². The van der Waals surface area contributed by atoms with Crippen molar-refractivity contribution in [2.45, 2.75) is 11.8 Å². The van der Waals surface area contributed by atoms with Crippen LogP contribution in [0.3, 0.4) is 0 Å². The van der Waals surface area contributed by atoms with E-state index in [1.165, 1.54) is 0 Å². The molecule has 0 fully saturated rings. The summed E-state index contributed by atoms with van der Waals surface area (Å²) < 4.78 is 0. The molecule has 2 rings (SSSR count). The van der Waals surface area contributed by atoms with Crippen molar-refractivity contribution in [3.8, 4) is 6.07 Å². The first-order chi connectivity index (χ1) is 6.87. The number of nitrogens with zero attached hydrogens (tertiary/aromatic N) is 2. The van der Waals surface area contributed by atoms with Crippen LogP contribution in [0.25, 0.3) is 0 Å². The molecular weight excluding hydrogens is 174 g/mol. The highest BCUT2D eigenvalue weighted by Gasteiger charge is 2.32. The lowest BCUT2D eigenvalue weighted by Gasteiger charge is -2.28. The van der Waals surface area contributed by atoms with Gasteiger partial charge in [0.1, 0.15) is 5.41 Å². The zero-order valence-electron chi connectivity index (χ0n) is 7.77. The Kier molecular flexibility index (Phi) is 2.19. The maximum absolute atomic E-state index is 9.25. The van der Waals surface area contributed by atoms with Crippen LogP contribution in [0, 0.1) is 11.3 Å². The average molecular weight is 185 g/mol. The Morgan fingerprint density at radius 1 is 1.43 bits per heavy atom. The van der Waals surface area contributed by atoms with E-state index in [0.717, 1.165) is 12.0 Å². The van der Waals surface area contributed by atoms with Crippen molar-refractivity contribution in [1.29, 1.82) is 5.26 Å². The Hall–Kier alpha value is -1.82. The SMILES string of the molecule is N#CC1(c2ccncc2)CC=CNC1. The van der Waals surface area contributed by atoms with Crippen LogP contribution in [0.2, 0.25) is 0 Å². The van der Waals surface area contributed by atoms with E-state index in [4.69, 9.17) is 0 Å². The normalized spacial score (nSPS) is 25.1. The van der Waals surface area contributed by atoms with Crippen LogP contribution in [0.4, 0.5) is 0 Å². The quantitative estimate of drug-likeness (QED) is 0.718. The Labute approximate surface area is 83.1 Å². The largest absolute Gasteiger partial charge is 0.389 e. The summed E-state index contributed by atoms with van der Waals surface area (Å²) in [7, 11) is 0. The lowest BCUT2D eigenvalue weighted by molar-refractivity contribution is 0.510. The molecule has 2 heterocycles. The smallest absolute Gasteiger partial charge is 0.103 e. The molecule has 14 heavy (non-hydrogen) atoms. The van der Waals surface area contributed by atoms with Gasteiger partial charge in [0, 0.05) is 18.9 Å². The lowest BCUT2D eigenvalue weighted by Crippen LogP contribution is -2.37. The van der Waals surface area contributed by atoms with E-state index in [-0.39, 0.29) is 0 Å². The molecule has 0 saturated heterocycles. The van der Waals surface area contributed by atoms with Gasteiger partial charge in [0.15, 0.2) is 0 Å². The van der Waals surface area contributed by atoms with Crippen LogP contribution in [0.15, 0.2) is 36.8 Å². The third-order valence-corrected chi connectivity index (χ3v) is 2.55. The molecule has 0 aliphatic carbocycles. The Bertz CT molecular complexity index is 377. The fourth-order valence-electron chi connectivity index (χ4n) is 1.69. The molecule has 1 unspecified atom stereocenters. The maximum Gasteiger partial charge on any atom is 0.103 e. The van der Waals surface area contributed by atoms with Crippen molar-refractivity contribution >= 4 is 0 Å². The number of pyridine rings is 1. The van der Waals surface area contributed by atoms with Crippen LogP contribution < -0.4 is 5.32 Å². The number of hydrogen-bond donors (Lipinski definition) is 1. The number of rotatable bonds is 1. The molecular formula is C11H11N3. The Morgan fingerprint density at radius 3 is 2.79 bits per heavy atom. The molecule has 0 amide bonds. The summed E-state index contributed by atoms with van der Waals surface area (Å²) in [5.41, 5.74) is 0.615. The van der Waals surface area contributed by atoms with Gasteiger partial charge < -0.3 is 5.32 Å². The molecule has 0 aromatic carbocycles. The minimum atomic E-state index is -0.419. The van der Waals surface area contributed by atoms with Crippen LogP contribution in [0.1, 0.15) is 12.0 Å². The summed E-state index contributed by atoms with van der Waals surface area (Å²) >= 11 is 0. The van der Waals surface area contributed by atoms with E-state index >= 15 is 0 Å². The van der Waals surface area contributed by atoms with E-state index in [1.807, 2.05) is 24.4 Å². The summed E-state index contributed by atoms with van der Waals surface area (Å²) in [6.45, 7) is 0.671. The molecule has 1 aromatic rings. The van der Waals surface area contributed by atoms with Crippen molar-refractivity contribution in [2.24, 2.45) is 0 Å². The molecule has 1 N–H and O–H groups in total. The predicted molar refractivity (Wildman–Crippen MR) is 53.3 cm³/mol. The number of nitrogens with one attached hydrogen (secondary N) is 1. The van der Waals surface area contributed by atoms with E-state index < -0.39 is 5.41 Å². The molecule has 1 aromatic heterocycles. The first-order valence-corrected chi connectivity index (χ1v) is 4.57. The number of hydrogen-bond acceptors (Lipinski definition) is 3. The first-order valence-electron chi connectivity index (χ1n) is 4.57. The van der Waals surface area contributed by atoms with Gasteiger partial charge in [-0.15, -0.1) is 0 Å². The molecule has 3 heteroatoms. The molecule has 0 saturated carbocycles. The van der Waals surface area contributed by atoms with E-state index in [0.29, 0.717) is 6.54 Å². The molecule has 3 nitrogen and oxygen atoms in total. The second-order valence-corrected chi connectivity index (χ2v) is 3.42. The summed E-state index contributed by atoms with van der Waals surface area (Å²) in [6.07, 6.45) is 8.12. The van der Waals surface area contributed by atoms with Crippen molar-refractivity contribution in [1.82, 2.24) is 10.3 Å². The third kappa shape index (κ3) is 1.35. The fourth-order valence-corrected chi connectivity index (χ4v) is 1.69. The highest BCUT2D eigenvalue weighted by molar-refractivity contribution is 5.34. The highest BCUT2D eigenvalue weighted by atomic mass is 14.9. The summed E-state index contributed by atoms with van der Waals surface area (Å²) in [5.74, 6) is 0. The molecule has 0 bridgehead atoms. The monoisotopic (exact) mass is 185 g/mol. The molecule has 1 atom stereocenters. The standard InChI is InChI=1S/C11H11N3/c12-8-11(4-1-5-14-9-11)10-2-6-13-7-3-10/h1-3,5-7,14H,4,9H2. The molecule has 1 aliphatic heterocycles. The van der Waals surface area contributed by atoms with Gasteiger partial charge in [-0.3, -0.25) is 4.98 Å². The first kappa shape index (κ1) is 8.76. The van der Waals surface area contributed by atoms with Crippen LogP contribution in [-0.2, 0) is 5.41 Å². The Balaban J connectivity index is 2.39. The van der Waals surface area contributed by atoms with Crippen molar-refractivity contribution in [3.05, 3.63) is 42.4 Å². The van der Waals surface area contributed by atoms with E-state index in [1.54, 1.807) is 12.4 Å². The average Bonchev–Trinajstić information content (AvgIpc) is 2.31. The molecule has 0 spiro atoms. The number of allylic oxidation sites excluding steroid dienone is 1. The van der Waals surface area contributed by atoms with Gasteiger partial charge in [-0.1, -0.05) is 6.08 Å². The zero-order valence-corrected chi connectivity index (χ0v) is 7.77. The van der Waals surface area contributed by atoms with Crippen molar-refractivity contribution in [2.75, 3.05) is 6.54 Å². The zero-order chi connectivity index (χ0) is 9.86. The minimum Gasteiger partial charge on any atom is -0.389 e. The minimum absolute atomic E-state index is 0.419. The third-order valence-electron chi connectivity index (χ3n) is 2.55. The second-order valence-electron chi connectivity index (χ2n) is 3.42. The van der Waals surface area contributed by atoms with Crippen LogP contribution in [0.5, 0.6) is 0 Å². The van der Waals surface area contributed by atoms with Crippen molar-refractivity contribution < 1.29 is 0 Å². The fraction of sp³-hybridized carbons (Fsp3) is 0.273. The highest BCUT2D eigenvalue weighted by Crippen LogP contribution is 2.28. The van der Waals surface area contributed by atoms with Crippen LogP contribution in [-0.4, -0.2) is 11.5 Å². The van der Waals surface area contributed by atoms with E-state index in [2.05, 4.69) is 16.4 Å². The van der Waals surface area contributed by atoms with Gasteiger partial charge in [0.2, 0.25) is 0 Å². The predicted octanol–water partition coefficient (Wildman–Crippen LogP) is 1.35. The van der Waals surface area contributed by atoms with Gasteiger partial charge in [0.25, 0.3) is 0 Å². The summed E-state index contributed by atoms with van der Waals surface area (Å²) in [6, 6.07) is 6.21. The number of nitriles is 1. The van der Waals surface area contributed by atoms with Gasteiger partial charge >= 0.3 is 0 Å². The van der Waals surface area contributed by atoms with Crippen LogP contribution >= 0.6 is 0 Å². The Morgan fingerprint density at radius 2 is 2.21 bits per heavy atom. The molecule has 70 valence electrons. The maximum atomic E-state index is 9.25. The lowest BCUT2D eigenvalue weighted by atomic mass is 9.78. The topological polar surface area (TPSA) is 48.7 Å². The van der Waals surface area contributed by atoms with E-state index in [9.17, 15) is 5.26 Å².